The molecule has 6 nitrogen and oxygen atoms in total. The Morgan fingerprint density at radius 1 is 0.562 bits per heavy atom. The van der Waals surface area contributed by atoms with Gasteiger partial charge in [-0.25, -0.2) is 26.3 Å². The number of sulfonamides is 2. The topological polar surface area (TPSA) is 92.3 Å². The molecule has 2 unspecified atom stereocenters. The van der Waals surface area contributed by atoms with Gasteiger partial charge in [0, 0.05) is 13.1 Å². The van der Waals surface area contributed by atoms with Crippen LogP contribution in [0.25, 0.3) is 11.1 Å². The molecule has 0 aliphatic carbocycles. The number of hydrogen-bond donors (Lipinski definition) is 2. The second-order valence-electron chi connectivity index (χ2n) is 8.93. The third kappa shape index (κ3) is 7.13. The fraction of sp³-hybridized carbons (Fsp3) is 0.500. The van der Waals surface area contributed by atoms with E-state index in [-0.39, 0.29) is 11.8 Å². The van der Waals surface area contributed by atoms with Gasteiger partial charge in [0.2, 0.25) is 20.0 Å². The predicted molar refractivity (Wildman–Crippen MR) is 133 cm³/mol. The molecule has 2 N–H and O–H groups in total. The van der Waals surface area contributed by atoms with E-state index in [1.807, 2.05) is 62.4 Å². The van der Waals surface area contributed by atoms with E-state index in [1.54, 1.807) is 27.7 Å². The molecular weight excluding hydrogens is 444 g/mol. The third-order valence-electron chi connectivity index (χ3n) is 5.72. The Labute approximate surface area is 193 Å². The summed E-state index contributed by atoms with van der Waals surface area (Å²) in [6, 6.07) is 16.3. The zero-order valence-electron chi connectivity index (χ0n) is 19.8. The SMILES string of the molecule is CC(CNS(=O)(=O)C(C)C)c1ccc(-c2ccc(C(C)CNS(=O)(=O)C(C)C)cc2)cc1. The van der Waals surface area contributed by atoms with Crippen molar-refractivity contribution in [2.24, 2.45) is 0 Å². The van der Waals surface area contributed by atoms with Crippen LogP contribution in [0.4, 0.5) is 0 Å². The van der Waals surface area contributed by atoms with Gasteiger partial charge in [-0.2, -0.15) is 0 Å². The summed E-state index contributed by atoms with van der Waals surface area (Å²) >= 11 is 0. The molecule has 178 valence electrons. The number of hydrogen-bond acceptors (Lipinski definition) is 4. The molecule has 8 heteroatoms. The van der Waals surface area contributed by atoms with E-state index in [4.69, 9.17) is 0 Å². The zero-order chi connectivity index (χ0) is 24.1. The highest BCUT2D eigenvalue weighted by Crippen LogP contribution is 2.25. The minimum absolute atomic E-state index is 0.0652. The highest BCUT2D eigenvalue weighted by atomic mass is 32.2. The molecule has 32 heavy (non-hydrogen) atoms. The van der Waals surface area contributed by atoms with Crippen molar-refractivity contribution >= 4 is 20.0 Å². The van der Waals surface area contributed by atoms with E-state index in [9.17, 15) is 16.8 Å². The van der Waals surface area contributed by atoms with Gasteiger partial charge in [-0.15, -0.1) is 0 Å². The molecule has 2 aromatic rings. The Bertz CT molecular complexity index is 986. The number of rotatable bonds is 11. The maximum absolute atomic E-state index is 12.0. The largest absolute Gasteiger partial charge is 0.214 e. The minimum atomic E-state index is -3.27. The van der Waals surface area contributed by atoms with Crippen LogP contribution >= 0.6 is 0 Å². The van der Waals surface area contributed by atoms with Gasteiger partial charge in [0.1, 0.15) is 0 Å². The van der Waals surface area contributed by atoms with Crippen molar-refractivity contribution in [3.05, 3.63) is 59.7 Å². The highest BCUT2D eigenvalue weighted by Gasteiger charge is 2.18. The molecule has 0 amide bonds. The van der Waals surface area contributed by atoms with Crippen LogP contribution in [0.1, 0.15) is 64.5 Å². The second kappa shape index (κ2) is 10.9. The second-order valence-corrected chi connectivity index (χ2v) is 13.6. The van der Waals surface area contributed by atoms with E-state index >= 15 is 0 Å². The number of nitrogens with one attached hydrogen (secondary N) is 2. The average molecular weight is 481 g/mol. The van der Waals surface area contributed by atoms with E-state index in [2.05, 4.69) is 9.44 Å². The number of benzene rings is 2. The third-order valence-corrected chi connectivity index (χ3v) is 9.34. The van der Waals surface area contributed by atoms with Crippen LogP contribution < -0.4 is 9.44 Å². The first-order chi connectivity index (χ1) is 14.8. The first-order valence-electron chi connectivity index (χ1n) is 11.0. The first-order valence-corrected chi connectivity index (χ1v) is 14.1. The zero-order valence-corrected chi connectivity index (χ0v) is 21.4. The van der Waals surface area contributed by atoms with Crippen molar-refractivity contribution < 1.29 is 16.8 Å². The summed E-state index contributed by atoms with van der Waals surface area (Å²) in [4.78, 5) is 0. The average Bonchev–Trinajstić information content (AvgIpc) is 2.76. The lowest BCUT2D eigenvalue weighted by atomic mass is 9.95. The fourth-order valence-electron chi connectivity index (χ4n) is 3.06. The predicted octanol–water partition coefficient (Wildman–Crippen LogP) is 4.22. The lowest BCUT2D eigenvalue weighted by Crippen LogP contribution is -2.33. The summed E-state index contributed by atoms with van der Waals surface area (Å²) in [6.45, 7) is 11.4. The monoisotopic (exact) mass is 480 g/mol. The molecule has 0 bridgehead atoms. The Balaban J connectivity index is 2.01. The molecule has 0 aliphatic heterocycles. The van der Waals surface area contributed by atoms with Crippen LogP contribution in [-0.2, 0) is 20.0 Å². The standard InChI is InChI=1S/C24H36N2O4S2/c1-17(2)31(27,28)25-15-19(5)21-7-11-23(12-8-21)24-13-9-22(10-14-24)20(6)16-26-32(29,30)18(3)4/h7-14,17-20,25-26H,15-16H2,1-6H3. The van der Waals surface area contributed by atoms with Gasteiger partial charge in [-0.1, -0.05) is 62.4 Å². The van der Waals surface area contributed by atoms with Gasteiger partial charge < -0.3 is 0 Å². The van der Waals surface area contributed by atoms with Crippen LogP contribution in [0.5, 0.6) is 0 Å². The molecular formula is C24H36N2O4S2. The summed E-state index contributed by atoms with van der Waals surface area (Å²) in [7, 11) is -6.54. The minimum Gasteiger partial charge on any atom is -0.214 e. The molecule has 0 saturated carbocycles. The lowest BCUT2D eigenvalue weighted by Gasteiger charge is -2.16. The summed E-state index contributed by atoms with van der Waals surface area (Å²) < 4.78 is 53.2. The summed E-state index contributed by atoms with van der Waals surface area (Å²) in [5.74, 6) is 0.130. The van der Waals surface area contributed by atoms with Crippen LogP contribution in [0.3, 0.4) is 0 Å². The molecule has 0 saturated heterocycles. The van der Waals surface area contributed by atoms with Crippen LogP contribution in [0.15, 0.2) is 48.5 Å². The quantitative estimate of drug-likeness (QED) is 0.504. The Morgan fingerprint density at radius 3 is 1.09 bits per heavy atom. The normalized spacial score (nSPS) is 14.6. The van der Waals surface area contributed by atoms with Crippen molar-refractivity contribution in [2.45, 2.75) is 63.9 Å². The van der Waals surface area contributed by atoms with Crippen molar-refractivity contribution in [1.82, 2.24) is 9.44 Å². The maximum atomic E-state index is 12.0. The van der Waals surface area contributed by atoms with Crippen molar-refractivity contribution in [1.29, 1.82) is 0 Å². The molecule has 2 aromatic carbocycles. The Morgan fingerprint density at radius 2 is 0.844 bits per heavy atom. The van der Waals surface area contributed by atoms with Gasteiger partial charge in [0.15, 0.2) is 0 Å². The van der Waals surface area contributed by atoms with Gasteiger partial charge in [-0.05, 0) is 61.8 Å². The molecule has 2 rings (SSSR count). The first kappa shape index (κ1) is 26.5. The van der Waals surface area contributed by atoms with E-state index in [0.29, 0.717) is 13.1 Å². The summed E-state index contributed by atoms with van der Waals surface area (Å²) in [5, 5.41) is -0.892. The summed E-state index contributed by atoms with van der Waals surface area (Å²) in [5.41, 5.74) is 4.29. The fourth-order valence-corrected chi connectivity index (χ4v) is 4.69. The molecule has 0 heterocycles. The highest BCUT2D eigenvalue weighted by molar-refractivity contribution is 7.90. The van der Waals surface area contributed by atoms with Gasteiger partial charge >= 0.3 is 0 Å². The maximum Gasteiger partial charge on any atom is 0.213 e. The Kier molecular flexibility index (Phi) is 9.05. The summed E-state index contributed by atoms with van der Waals surface area (Å²) in [6.07, 6.45) is 0. The van der Waals surface area contributed by atoms with Gasteiger partial charge in [-0.3, -0.25) is 0 Å². The molecule has 0 aromatic heterocycles. The molecule has 0 radical (unpaired) electrons. The van der Waals surface area contributed by atoms with Crippen LogP contribution in [-0.4, -0.2) is 40.4 Å². The van der Waals surface area contributed by atoms with Gasteiger partial charge in [0.05, 0.1) is 10.5 Å². The smallest absolute Gasteiger partial charge is 0.213 e. The molecule has 2 atom stereocenters. The van der Waals surface area contributed by atoms with E-state index in [0.717, 1.165) is 22.3 Å². The van der Waals surface area contributed by atoms with E-state index in [1.165, 1.54) is 0 Å². The Hall–Kier alpha value is -1.74. The lowest BCUT2D eigenvalue weighted by molar-refractivity contribution is 0.564. The molecule has 0 spiro atoms. The van der Waals surface area contributed by atoms with Gasteiger partial charge in [0.25, 0.3) is 0 Å². The van der Waals surface area contributed by atoms with Crippen molar-refractivity contribution in [3.63, 3.8) is 0 Å². The van der Waals surface area contributed by atoms with Crippen LogP contribution in [0, 0.1) is 0 Å². The van der Waals surface area contributed by atoms with E-state index < -0.39 is 30.5 Å². The van der Waals surface area contributed by atoms with Crippen LogP contribution in [0.2, 0.25) is 0 Å². The van der Waals surface area contributed by atoms with Crippen molar-refractivity contribution in [3.8, 4) is 11.1 Å². The van der Waals surface area contributed by atoms with Crippen molar-refractivity contribution in [2.75, 3.05) is 13.1 Å². The molecule has 0 aliphatic rings. The molecule has 0 fully saturated rings.